The van der Waals surface area contributed by atoms with Crippen molar-refractivity contribution >= 4 is 34.5 Å². The zero-order valence-electron chi connectivity index (χ0n) is 21.1. The number of fused-ring (bicyclic) bond motifs is 1. The van der Waals surface area contributed by atoms with E-state index in [0.717, 1.165) is 41.7 Å². The van der Waals surface area contributed by atoms with Gasteiger partial charge in [0.25, 0.3) is 0 Å². The monoisotopic (exact) mass is 509 g/mol. The van der Waals surface area contributed by atoms with E-state index in [9.17, 15) is 9.59 Å². The van der Waals surface area contributed by atoms with Gasteiger partial charge in [-0.2, -0.15) is 0 Å². The van der Waals surface area contributed by atoms with E-state index in [4.69, 9.17) is 4.74 Å². The van der Waals surface area contributed by atoms with Crippen LogP contribution >= 0.6 is 0 Å². The molecule has 1 aromatic heterocycles. The van der Waals surface area contributed by atoms with Crippen LogP contribution in [0.1, 0.15) is 29.9 Å². The van der Waals surface area contributed by atoms with Crippen LogP contribution in [0.4, 0.5) is 11.6 Å². The third-order valence-electron chi connectivity index (χ3n) is 7.43. The van der Waals surface area contributed by atoms with Gasteiger partial charge in [-0.1, -0.05) is 66.7 Å². The number of ether oxygens (including phenoxy) is 1. The summed E-state index contributed by atoms with van der Waals surface area (Å²) in [5.41, 5.74) is 4.70. The normalized spacial score (nSPS) is 20.8. The lowest BCUT2D eigenvalue weighted by Crippen LogP contribution is -2.29. The Kier molecular flexibility index (Phi) is 6.79. The molecule has 4 aromatic rings. The summed E-state index contributed by atoms with van der Waals surface area (Å²) in [6.07, 6.45) is 1.64. The highest BCUT2D eigenvalue weighted by Crippen LogP contribution is 2.47. The topological polar surface area (TPSA) is 99.4 Å². The van der Waals surface area contributed by atoms with Gasteiger partial charge in [-0.3, -0.25) is 19.8 Å². The quantitative estimate of drug-likeness (QED) is 0.282. The van der Waals surface area contributed by atoms with Gasteiger partial charge in [-0.05, 0) is 42.0 Å². The van der Waals surface area contributed by atoms with Crippen molar-refractivity contribution < 1.29 is 14.3 Å². The fourth-order valence-corrected chi connectivity index (χ4v) is 5.21. The van der Waals surface area contributed by atoms with Crippen LogP contribution in [0.15, 0.2) is 78.9 Å². The predicted molar refractivity (Wildman–Crippen MR) is 146 cm³/mol. The van der Waals surface area contributed by atoms with Gasteiger partial charge in [0.05, 0.1) is 23.8 Å². The molecule has 6 rings (SSSR count). The van der Waals surface area contributed by atoms with Crippen LogP contribution in [0, 0.1) is 11.8 Å². The van der Waals surface area contributed by atoms with E-state index in [1.165, 1.54) is 5.56 Å². The molecule has 1 saturated carbocycles. The number of rotatable bonds is 9. The maximum Gasteiger partial charge on any atom is 0.310 e. The number of hydrogen-bond acceptors (Lipinski definition) is 6. The molecule has 2 heterocycles. The number of imidazole rings is 1. The zero-order valence-corrected chi connectivity index (χ0v) is 21.1. The Morgan fingerprint density at radius 2 is 1.79 bits per heavy atom. The van der Waals surface area contributed by atoms with Crippen LogP contribution < -0.4 is 10.6 Å². The van der Waals surface area contributed by atoms with Crippen LogP contribution in [-0.4, -0.2) is 46.5 Å². The lowest BCUT2D eigenvalue weighted by Gasteiger charge is -2.17. The smallest absolute Gasteiger partial charge is 0.310 e. The number of aromatic amines is 1. The standard InChI is InChI=1S/C30H31N5O3/c36-28(24-16-23(24)21-10-5-2-6-11-21)34-30-32-26-13-7-12-25(27(26)33-30)31-19-35-15-14-22(17-35)29(37)38-18-20-8-3-1-4-9-20/h1-13,22-24,31H,14-19H2,(H2,32,33,34,36). The molecule has 38 heavy (non-hydrogen) atoms. The molecular formula is C30H31N5O3. The lowest BCUT2D eigenvalue weighted by atomic mass is 10.1. The Balaban J connectivity index is 1.02. The molecule has 194 valence electrons. The molecule has 3 N–H and O–H groups in total. The van der Waals surface area contributed by atoms with Gasteiger partial charge in [-0.15, -0.1) is 0 Å². The SMILES string of the molecule is O=C(OCc1ccccc1)C1CCN(CNc2cccc3[nH]c(NC(=O)C4CC4c4ccccc4)nc23)C1. The third-order valence-corrected chi connectivity index (χ3v) is 7.43. The van der Waals surface area contributed by atoms with Gasteiger partial charge in [0.1, 0.15) is 12.1 Å². The Labute approximate surface area is 221 Å². The molecule has 3 aromatic carbocycles. The van der Waals surface area contributed by atoms with E-state index < -0.39 is 0 Å². The first-order chi connectivity index (χ1) is 18.6. The fourth-order valence-electron chi connectivity index (χ4n) is 5.21. The second-order valence-corrected chi connectivity index (χ2v) is 10.1. The summed E-state index contributed by atoms with van der Waals surface area (Å²) in [6, 6.07) is 25.8. The Hall–Kier alpha value is -4.17. The number of carbonyl (C=O) groups is 2. The Bertz CT molecular complexity index is 1420. The van der Waals surface area contributed by atoms with Crippen LogP contribution in [0.5, 0.6) is 0 Å². The van der Waals surface area contributed by atoms with E-state index in [1.54, 1.807) is 0 Å². The molecule has 2 fully saturated rings. The van der Waals surface area contributed by atoms with Crippen molar-refractivity contribution in [2.45, 2.75) is 25.4 Å². The minimum Gasteiger partial charge on any atom is -0.461 e. The Morgan fingerprint density at radius 3 is 2.61 bits per heavy atom. The van der Waals surface area contributed by atoms with Gasteiger partial charge < -0.3 is 15.0 Å². The van der Waals surface area contributed by atoms with E-state index >= 15 is 0 Å². The highest BCUT2D eigenvalue weighted by Gasteiger charge is 2.44. The predicted octanol–water partition coefficient (Wildman–Crippen LogP) is 4.74. The van der Waals surface area contributed by atoms with Crippen LogP contribution in [0.3, 0.4) is 0 Å². The highest BCUT2D eigenvalue weighted by atomic mass is 16.5. The molecule has 2 aliphatic rings. The Morgan fingerprint density at radius 1 is 1.00 bits per heavy atom. The summed E-state index contributed by atoms with van der Waals surface area (Å²) in [7, 11) is 0. The van der Waals surface area contributed by atoms with E-state index in [1.807, 2.05) is 66.7 Å². The molecule has 0 spiro atoms. The summed E-state index contributed by atoms with van der Waals surface area (Å²) >= 11 is 0. The number of anilines is 2. The lowest BCUT2D eigenvalue weighted by molar-refractivity contribution is -0.149. The molecule has 1 saturated heterocycles. The van der Waals surface area contributed by atoms with Crippen molar-refractivity contribution in [2.24, 2.45) is 11.8 Å². The minimum atomic E-state index is -0.142. The molecule has 8 nitrogen and oxygen atoms in total. The maximum absolute atomic E-state index is 12.8. The zero-order chi connectivity index (χ0) is 25.9. The second kappa shape index (κ2) is 10.7. The number of amides is 1. The third kappa shape index (κ3) is 5.40. The summed E-state index contributed by atoms with van der Waals surface area (Å²) in [6.45, 7) is 2.38. The van der Waals surface area contributed by atoms with E-state index in [-0.39, 0.29) is 29.6 Å². The van der Waals surface area contributed by atoms with Gasteiger partial charge in [0, 0.05) is 19.0 Å². The van der Waals surface area contributed by atoms with E-state index in [0.29, 0.717) is 25.8 Å². The number of hydrogen-bond donors (Lipinski definition) is 3. The van der Waals surface area contributed by atoms with Crippen LogP contribution in [0.2, 0.25) is 0 Å². The number of likely N-dealkylation sites (tertiary alicyclic amines) is 1. The summed E-state index contributed by atoms with van der Waals surface area (Å²) in [5, 5.41) is 6.42. The highest BCUT2D eigenvalue weighted by molar-refractivity contribution is 5.97. The number of nitrogens with zero attached hydrogens (tertiary/aromatic N) is 2. The van der Waals surface area contributed by atoms with Crippen molar-refractivity contribution in [3.8, 4) is 0 Å². The number of nitrogens with one attached hydrogen (secondary N) is 3. The molecule has 8 heteroatoms. The summed E-state index contributed by atoms with van der Waals surface area (Å²) in [5.74, 6) is 0.445. The van der Waals surface area contributed by atoms with Crippen molar-refractivity contribution in [3.63, 3.8) is 0 Å². The number of H-pyrrole nitrogens is 1. The first-order valence-electron chi connectivity index (χ1n) is 13.2. The molecule has 1 aliphatic carbocycles. The number of benzene rings is 3. The van der Waals surface area contributed by atoms with Gasteiger partial charge >= 0.3 is 5.97 Å². The average molecular weight is 510 g/mol. The van der Waals surface area contributed by atoms with Crippen LogP contribution in [-0.2, 0) is 20.9 Å². The minimum absolute atomic E-state index is 0.00493. The fraction of sp³-hybridized carbons (Fsp3) is 0.300. The average Bonchev–Trinajstić information content (AvgIpc) is 3.43. The van der Waals surface area contributed by atoms with Gasteiger partial charge in [0.2, 0.25) is 11.9 Å². The largest absolute Gasteiger partial charge is 0.461 e. The van der Waals surface area contributed by atoms with Crippen LogP contribution in [0.25, 0.3) is 11.0 Å². The number of esters is 1. The maximum atomic E-state index is 12.8. The number of para-hydroxylation sites is 1. The first kappa shape index (κ1) is 24.2. The summed E-state index contributed by atoms with van der Waals surface area (Å²) in [4.78, 5) is 35.4. The van der Waals surface area contributed by atoms with Crippen molar-refractivity contribution in [1.82, 2.24) is 14.9 Å². The van der Waals surface area contributed by atoms with Crippen molar-refractivity contribution in [3.05, 3.63) is 90.0 Å². The second-order valence-electron chi connectivity index (χ2n) is 10.1. The van der Waals surface area contributed by atoms with Gasteiger partial charge in [0.15, 0.2) is 0 Å². The van der Waals surface area contributed by atoms with Gasteiger partial charge in [-0.25, -0.2) is 4.98 Å². The van der Waals surface area contributed by atoms with E-state index in [2.05, 4.69) is 37.6 Å². The molecule has 1 amide bonds. The molecule has 3 unspecified atom stereocenters. The summed E-state index contributed by atoms with van der Waals surface area (Å²) < 4.78 is 5.53. The van der Waals surface area contributed by atoms with Crippen molar-refractivity contribution in [1.29, 1.82) is 0 Å². The molecule has 3 atom stereocenters. The molecule has 0 bridgehead atoms. The number of aromatic nitrogens is 2. The molecule has 1 aliphatic heterocycles. The molecular weight excluding hydrogens is 478 g/mol. The first-order valence-corrected chi connectivity index (χ1v) is 13.2. The van der Waals surface area contributed by atoms with Crippen molar-refractivity contribution in [2.75, 3.05) is 30.4 Å². The molecule has 0 radical (unpaired) electrons. The number of carbonyl (C=O) groups excluding carboxylic acids is 2.